The Bertz CT molecular complexity index is 508. The number of amides is 2. The van der Waals surface area contributed by atoms with E-state index in [0.29, 0.717) is 12.3 Å². The number of hydrogen-bond donors (Lipinski definition) is 2. The number of nitrogens with one attached hydrogen (secondary N) is 1. The molecule has 27 heavy (non-hydrogen) atoms. The molecule has 0 aliphatic carbocycles. The normalized spacial score (nSPS) is 21.6. The van der Waals surface area contributed by atoms with Crippen LogP contribution >= 0.6 is 24.0 Å². The van der Waals surface area contributed by atoms with Gasteiger partial charge in [0.05, 0.1) is 6.54 Å². The average Bonchev–Trinajstić information content (AvgIpc) is 2.61. The summed E-state index contributed by atoms with van der Waals surface area (Å²) in [7, 11) is 0. The lowest BCUT2D eigenvalue weighted by molar-refractivity contribution is -0.130. The van der Waals surface area contributed by atoms with Gasteiger partial charge < -0.3 is 20.9 Å². The maximum atomic E-state index is 11.4. The van der Waals surface area contributed by atoms with Crippen molar-refractivity contribution in [1.29, 1.82) is 0 Å². The lowest BCUT2D eigenvalue weighted by Gasteiger charge is -2.35. The molecule has 0 aromatic carbocycles. The van der Waals surface area contributed by atoms with Gasteiger partial charge in [-0.15, -0.1) is 24.0 Å². The highest BCUT2D eigenvalue weighted by Gasteiger charge is 2.23. The minimum absolute atomic E-state index is 0. The van der Waals surface area contributed by atoms with Gasteiger partial charge in [-0.05, 0) is 25.7 Å². The van der Waals surface area contributed by atoms with Gasteiger partial charge in [-0.2, -0.15) is 0 Å². The Morgan fingerprint density at radius 1 is 1.15 bits per heavy atom. The van der Waals surface area contributed by atoms with E-state index in [1.54, 1.807) is 6.92 Å². The number of carbonyl (C=O) groups excluding carboxylic acids is 2. The standard InChI is InChI=1S/C18H34N6O2.HI/c1-3-20-18(24-7-4-5-16(14-24)13-17(19)26)21-6-8-22-9-11-23(12-10-22)15(2)25;/h16H,3-14H2,1-2H3,(H2,19,26)(H,20,21);1H. The highest BCUT2D eigenvalue weighted by Crippen LogP contribution is 2.19. The van der Waals surface area contributed by atoms with Crippen LogP contribution in [0.1, 0.15) is 33.1 Å². The number of primary amides is 1. The van der Waals surface area contributed by atoms with E-state index in [1.807, 2.05) is 4.90 Å². The summed E-state index contributed by atoms with van der Waals surface area (Å²) >= 11 is 0. The molecule has 2 aliphatic rings. The molecule has 3 N–H and O–H groups in total. The second kappa shape index (κ2) is 12.4. The molecule has 1 unspecified atom stereocenters. The largest absolute Gasteiger partial charge is 0.370 e. The molecular formula is C18H35IN6O2. The van der Waals surface area contributed by atoms with Gasteiger partial charge >= 0.3 is 0 Å². The number of guanidine groups is 1. The molecule has 0 aromatic rings. The van der Waals surface area contributed by atoms with E-state index >= 15 is 0 Å². The van der Waals surface area contributed by atoms with Crippen LogP contribution in [-0.2, 0) is 9.59 Å². The first-order valence-corrected chi connectivity index (χ1v) is 9.79. The van der Waals surface area contributed by atoms with Gasteiger partial charge in [0.1, 0.15) is 0 Å². The van der Waals surface area contributed by atoms with E-state index in [1.165, 1.54) is 0 Å². The maximum absolute atomic E-state index is 11.4. The summed E-state index contributed by atoms with van der Waals surface area (Å²) in [6, 6.07) is 0. The minimum Gasteiger partial charge on any atom is -0.370 e. The molecule has 2 saturated heterocycles. The van der Waals surface area contributed by atoms with Gasteiger partial charge in [-0.25, -0.2) is 0 Å². The van der Waals surface area contributed by atoms with Crippen molar-refractivity contribution in [2.24, 2.45) is 16.6 Å². The summed E-state index contributed by atoms with van der Waals surface area (Å²) in [5, 5.41) is 3.37. The third kappa shape index (κ3) is 8.20. The second-order valence-electron chi connectivity index (χ2n) is 7.21. The number of piperidine rings is 1. The number of hydrogen-bond acceptors (Lipinski definition) is 4. The zero-order valence-corrected chi connectivity index (χ0v) is 19.0. The second-order valence-corrected chi connectivity index (χ2v) is 7.21. The first-order valence-electron chi connectivity index (χ1n) is 9.79. The molecule has 0 bridgehead atoms. The van der Waals surface area contributed by atoms with E-state index in [9.17, 15) is 9.59 Å². The monoisotopic (exact) mass is 494 g/mol. The summed E-state index contributed by atoms with van der Waals surface area (Å²) in [6.45, 7) is 11.4. The van der Waals surface area contributed by atoms with Gasteiger partial charge in [-0.1, -0.05) is 0 Å². The van der Waals surface area contributed by atoms with Crippen LogP contribution in [0.3, 0.4) is 0 Å². The molecule has 0 aromatic heterocycles. The summed E-state index contributed by atoms with van der Waals surface area (Å²) < 4.78 is 0. The Balaban J connectivity index is 0.00000364. The van der Waals surface area contributed by atoms with Gasteiger partial charge in [0.15, 0.2) is 5.96 Å². The molecule has 2 amide bonds. The van der Waals surface area contributed by atoms with Crippen molar-refractivity contribution in [3.63, 3.8) is 0 Å². The Morgan fingerprint density at radius 3 is 2.44 bits per heavy atom. The number of nitrogens with zero attached hydrogens (tertiary/aromatic N) is 4. The first kappa shape index (κ1) is 23.9. The summed E-state index contributed by atoms with van der Waals surface area (Å²) in [6.07, 6.45) is 2.57. The third-order valence-electron chi connectivity index (χ3n) is 5.14. The van der Waals surface area contributed by atoms with Crippen LogP contribution in [0.25, 0.3) is 0 Å². The fourth-order valence-electron chi connectivity index (χ4n) is 3.72. The predicted octanol–water partition coefficient (Wildman–Crippen LogP) is 0.321. The number of aliphatic imine (C=N–C) groups is 1. The Hall–Kier alpha value is -1.10. The molecule has 2 heterocycles. The van der Waals surface area contributed by atoms with Crippen molar-refractivity contribution in [3.8, 4) is 0 Å². The molecule has 9 heteroatoms. The van der Waals surface area contributed by atoms with E-state index in [2.05, 4.69) is 22.0 Å². The molecule has 2 aliphatic heterocycles. The van der Waals surface area contributed by atoms with Crippen molar-refractivity contribution >= 4 is 41.8 Å². The highest BCUT2D eigenvalue weighted by molar-refractivity contribution is 14.0. The third-order valence-corrected chi connectivity index (χ3v) is 5.14. The summed E-state index contributed by atoms with van der Waals surface area (Å²) in [5.41, 5.74) is 5.36. The number of carbonyl (C=O) groups is 2. The average molecular weight is 494 g/mol. The highest BCUT2D eigenvalue weighted by atomic mass is 127. The Morgan fingerprint density at radius 2 is 1.85 bits per heavy atom. The minimum atomic E-state index is -0.219. The van der Waals surface area contributed by atoms with E-state index in [4.69, 9.17) is 10.7 Å². The lowest BCUT2D eigenvalue weighted by atomic mass is 9.95. The van der Waals surface area contributed by atoms with Crippen LogP contribution in [0, 0.1) is 5.92 Å². The molecule has 2 rings (SSSR count). The number of nitrogens with two attached hydrogens (primary N) is 1. The zero-order valence-electron chi connectivity index (χ0n) is 16.7. The van der Waals surface area contributed by atoms with Crippen molar-refractivity contribution < 1.29 is 9.59 Å². The van der Waals surface area contributed by atoms with Crippen LogP contribution < -0.4 is 11.1 Å². The number of halogens is 1. The van der Waals surface area contributed by atoms with Gasteiger partial charge in [-0.3, -0.25) is 19.5 Å². The molecular weight excluding hydrogens is 459 g/mol. The summed E-state index contributed by atoms with van der Waals surface area (Å²) in [4.78, 5) is 33.9. The molecule has 8 nitrogen and oxygen atoms in total. The van der Waals surface area contributed by atoms with Gasteiger partial charge in [0.2, 0.25) is 11.8 Å². The van der Waals surface area contributed by atoms with Crippen LogP contribution in [0.2, 0.25) is 0 Å². The van der Waals surface area contributed by atoms with E-state index < -0.39 is 0 Å². The van der Waals surface area contributed by atoms with Gasteiger partial charge in [0.25, 0.3) is 0 Å². The quantitative estimate of drug-likeness (QED) is 0.315. The fourth-order valence-corrected chi connectivity index (χ4v) is 3.72. The Labute approximate surface area is 179 Å². The van der Waals surface area contributed by atoms with Crippen LogP contribution in [0.15, 0.2) is 4.99 Å². The topological polar surface area (TPSA) is 94.3 Å². The van der Waals surface area contributed by atoms with E-state index in [0.717, 1.165) is 77.7 Å². The lowest BCUT2D eigenvalue weighted by Crippen LogP contribution is -2.49. The predicted molar refractivity (Wildman–Crippen MR) is 118 cm³/mol. The first-order chi connectivity index (χ1) is 12.5. The van der Waals surface area contributed by atoms with Gasteiger partial charge in [0, 0.05) is 65.7 Å². The molecule has 2 fully saturated rings. The van der Waals surface area contributed by atoms with Crippen LogP contribution in [-0.4, -0.2) is 91.4 Å². The number of piperazine rings is 1. The molecule has 156 valence electrons. The van der Waals surface area contributed by atoms with Crippen molar-refractivity contribution in [1.82, 2.24) is 20.0 Å². The van der Waals surface area contributed by atoms with Crippen LogP contribution in [0.4, 0.5) is 0 Å². The van der Waals surface area contributed by atoms with Crippen LogP contribution in [0.5, 0.6) is 0 Å². The van der Waals surface area contributed by atoms with E-state index in [-0.39, 0.29) is 35.8 Å². The molecule has 0 radical (unpaired) electrons. The smallest absolute Gasteiger partial charge is 0.219 e. The number of rotatable bonds is 6. The van der Waals surface area contributed by atoms with Crippen molar-refractivity contribution in [2.75, 3.05) is 58.9 Å². The van der Waals surface area contributed by atoms with Crippen molar-refractivity contribution in [3.05, 3.63) is 0 Å². The Kier molecular flexibility index (Phi) is 11.0. The maximum Gasteiger partial charge on any atom is 0.219 e. The fraction of sp³-hybridized carbons (Fsp3) is 0.833. The van der Waals surface area contributed by atoms with Crippen molar-refractivity contribution in [2.45, 2.75) is 33.1 Å². The molecule has 1 atom stereocenters. The summed E-state index contributed by atoms with van der Waals surface area (Å²) in [5.74, 6) is 1.20. The molecule has 0 saturated carbocycles. The number of likely N-dealkylation sites (tertiary alicyclic amines) is 1. The molecule has 0 spiro atoms. The zero-order chi connectivity index (χ0) is 18.9. The SMILES string of the molecule is CCNC(=NCCN1CCN(C(C)=O)CC1)N1CCCC(CC(N)=O)C1.I.